The lowest BCUT2D eigenvalue weighted by Crippen LogP contribution is -2.35. The molecule has 0 saturated carbocycles. The first-order valence-electron chi connectivity index (χ1n) is 6.59. The molecule has 1 atom stereocenters. The van der Waals surface area contributed by atoms with Crippen LogP contribution in [0.2, 0.25) is 0 Å². The van der Waals surface area contributed by atoms with E-state index in [9.17, 15) is 4.79 Å². The first kappa shape index (κ1) is 14.2. The quantitative estimate of drug-likeness (QED) is 0.839. The number of carbonyl (C=O) groups is 1. The van der Waals surface area contributed by atoms with Crippen LogP contribution in [-0.4, -0.2) is 37.6 Å². The summed E-state index contributed by atoms with van der Waals surface area (Å²) >= 11 is 0. The molecule has 1 aliphatic heterocycles. The second-order valence-corrected chi connectivity index (χ2v) is 4.74. The van der Waals surface area contributed by atoms with Gasteiger partial charge in [0.05, 0.1) is 26.7 Å². The third kappa shape index (κ3) is 2.85. The molecule has 1 unspecified atom stereocenters. The molecule has 2 rings (SSSR count). The van der Waals surface area contributed by atoms with Gasteiger partial charge in [-0.1, -0.05) is 6.07 Å². The van der Waals surface area contributed by atoms with Gasteiger partial charge in [0, 0.05) is 6.54 Å². The van der Waals surface area contributed by atoms with Crippen molar-refractivity contribution in [3.63, 3.8) is 0 Å². The Labute approximate surface area is 118 Å². The first-order chi connectivity index (χ1) is 9.69. The van der Waals surface area contributed by atoms with Gasteiger partial charge < -0.3 is 14.4 Å². The van der Waals surface area contributed by atoms with Crippen molar-refractivity contribution >= 4 is 5.91 Å². The van der Waals surface area contributed by atoms with Gasteiger partial charge in [0.1, 0.15) is 6.04 Å². The Balaban J connectivity index is 2.10. The highest BCUT2D eigenvalue weighted by atomic mass is 16.5. The molecular formula is C15H18N2O3. The zero-order valence-electron chi connectivity index (χ0n) is 11.8. The third-order valence-electron chi connectivity index (χ3n) is 3.53. The number of carbonyl (C=O) groups excluding carboxylic acids is 1. The number of likely N-dealkylation sites (tertiary alicyclic amines) is 1. The van der Waals surface area contributed by atoms with Crippen LogP contribution in [0.4, 0.5) is 0 Å². The molecule has 0 bridgehead atoms. The lowest BCUT2D eigenvalue weighted by Gasteiger charge is -2.19. The Bertz CT molecular complexity index is 536. The SMILES string of the molecule is COc1ccc(CC(=O)N2CCCC2C#N)cc1OC. The summed E-state index contributed by atoms with van der Waals surface area (Å²) in [6, 6.07) is 7.34. The van der Waals surface area contributed by atoms with Gasteiger partial charge in [-0.25, -0.2) is 0 Å². The molecule has 1 aliphatic rings. The number of benzene rings is 1. The molecule has 20 heavy (non-hydrogen) atoms. The van der Waals surface area contributed by atoms with Crippen molar-refractivity contribution in [2.24, 2.45) is 0 Å². The second-order valence-electron chi connectivity index (χ2n) is 4.74. The van der Waals surface area contributed by atoms with Gasteiger partial charge in [0.2, 0.25) is 5.91 Å². The summed E-state index contributed by atoms with van der Waals surface area (Å²) in [6.45, 7) is 0.671. The molecule has 106 valence electrons. The van der Waals surface area contributed by atoms with Gasteiger partial charge in [0.25, 0.3) is 0 Å². The summed E-state index contributed by atoms with van der Waals surface area (Å²) < 4.78 is 10.4. The van der Waals surface area contributed by atoms with Crippen molar-refractivity contribution in [2.45, 2.75) is 25.3 Å². The number of nitriles is 1. The number of methoxy groups -OCH3 is 2. The van der Waals surface area contributed by atoms with E-state index in [0.717, 1.165) is 18.4 Å². The summed E-state index contributed by atoms with van der Waals surface area (Å²) in [5.41, 5.74) is 0.858. The van der Waals surface area contributed by atoms with Crippen LogP contribution in [0, 0.1) is 11.3 Å². The van der Waals surface area contributed by atoms with Crippen molar-refractivity contribution in [1.82, 2.24) is 4.90 Å². The van der Waals surface area contributed by atoms with E-state index in [-0.39, 0.29) is 18.4 Å². The predicted molar refractivity (Wildman–Crippen MR) is 73.6 cm³/mol. The molecule has 0 radical (unpaired) electrons. The van der Waals surface area contributed by atoms with Crippen molar-refractivity contribution in [2.75, 3.05) is 20.8 Å². The average molecular weight is 274 g/mol. The van der Waals surface area contributed by atoms with E-state index >= 15 is 0 Å². The molecule has 1 heterocycles. The van der Waals surface area contributed by atoms with E-state index in [0.29, 0.717) is 18.0 Å². The van der Waals surface area contributed by atoms with Crippen LogP contribution in [-0.2, 0) is 11.2 Å². The van der Waals surface area contributed by atoms with E-state index in [1.54, 1.807) is 31.3 Å². The van der Waals surface area contributed by atoms with Crippen molar-refractivity contribution in [1.29, 1.82) is 5.26 Å². The number of hydrogen-bond acceptors (Lipinski definition) is 4. The summed E-state index contributed by atoms with van der Waals surface area (Å²) in [5, 5.41) is 9.02. The second kappa shape index (κ2) is 6.29. The van der Waals surface area contributed by atoms with Crippen LogP contribution in [0.5, 0.6) is 11.5 Å². The molecular weight excluding hydrogens is 256 g/mol. The average Bonchev–Trinajstić information content (AvgIpc) is 2.95. The molecule has 1 saturated heterocycles. The van der Waals surface area contributed by atoms with Crippen LogP contribution in [0.3, 0.4) is 0 Å². The van der Waals surface area contributed by atoms with E-state index in [1.165, 1.54) is 0 Å². The lowest BCUT2D eigenvalue weighted by atomic mass is 10.1. The highest BCUT2D eigenvalue weighted by Gasteiger charge is 2.28. The maximum absolute atomic E-state index is 12.2. The number of hydrogen-bond donors (Lipinski definition) is 0. The van der Waals surface area contributed by atoms with Gasteiger partial charge >= 0.3 is 0 Å². The van der Waals surface area contributed by atoms with E-state index in [4.69, 9.17) is 14.7 Å². The highest BCUT2D eigenvalue weighted by molar-refractivity contribution is 5.80. The molecule has 0 aliphatic carbocycles. The maximum atomic E-state index is 12.2. The van der Waals surface area contributed by atoms with Crippen molar-refractivity contribution in [3.05, 3.63) is 23.8 Å². The summed E-state index contributed by atoms with van der Waals surface area (Å²) in [5.74, 6) is 1.23. The van der Waals surface area contributed by atoms with Crippen LogP contribution in [0.15, 0.2) is 18.2 Å². The standard InChI is InChI=1S/C15H18N2O3/c1-19-13-6-5-11(8-14(13)20-2)9-15(18)17-7-3-4-12(17)10-16/h5-6,8,12H,3-4,7,9H2,1-2H3. The summed E-state index contributed by atoms with van der Waals surface area (Å²) in [6.07, 6.45) is 1.95. The van der Waals surface area contributed by atoms with E-state index < -0.39 is 0 Å². The van der Waals surface area contributed by atoms with Crippen LogP contribution < -0.4 is 9.47 Å². The van der Waals surface area contributed by atoms with E-state index in [2.05, 4.69) is 6.07 Å². The molecule has 1 fully saturated rings. The smallest absolute Gasteiger partial charge is 0.228 e. The van der Waals surface area contributed by atoms with Gasteiger partial charge in [-0.3, -0.25) is 4.79 Å². The zero-order chi connectivity index (χ0) is 14.5. The predicted octanol–water partition coefficient (Wildman–Crippen LogP) is 1.76. The lowest BCUT2D eigenvalue weighted by molar-refractivity contribution is -0.130. The number of rotatable bonds is 4. The molecule has 1 aromatic carbocycles. The van der Waals surface area contributed by atoms with Gasteiger partial charge in [-0.15, -0.1) is 0 Å². The van der Waals surface area contributed by atoms with Gasteiger partial charge in [-0.05, 0) is 30.5 Å². The Morgan fingerprint density at radius 2 is 2.15 bits per heavy atom. The van der Waals surface area contributed by atoms with Crippen molar-refractivity contribution in [3.8, 4) is 17.6 Å². The fourth-order valence-electron chi connectivity index (χ4n) is 2.47. The minimum Gasteiger partial charge on any atom is -0.493 e. The monoisotopic (exact) mass is 274 g/mol. The first-order valence-corrected chi connectivity index (χ1v) is 6.59. The number of nitrogens with zero attached hydrogens (tertiary/aromatic N) is 2. The fraction of sp³-hybridized carbons (Fsp3) is 0.467. The number of amides is 1. The van der Waals surface area contributed by atoms with Crippen LogP contribution in [0.1, 0.15) is 18.4 Å². The molecule has 0 aromatic heterocycles. The zero-order valence-corrected chi connectivity index (χ0v) is 11.8. The Morgan fingerprint density at radius 1 is 1.40 bits per heavy atom. The topological polar surface area (TPSA) is 62.6 Å². The normalized spacial score (nSPS) is 17.6. The Kier molecular flexibility index (Phi) is 4.46. The van der Waals surface area contributed by atoms with Crippen molar-refractivity contribution < 1.29 is 14.3 Å². The molecule has 5 nitrogen and oxygen atoms in total. The van der Waals surface area contributed by atoms with Crippen LogP contribution in [0.25, 0.3) is 0 Å². The largest absolute Gasteiger partial charge is 0.493 e. The molecule has 1 aromatic rings. The van der Waals surface area contributed by atoms with Crippen LogP contribution >= 0.6 is 0 Å². The molecule has 5 heteroatoms. The van der Waals surface area contributed by atoms with E-state index in [1.807, 2.05) is 6.07 Å². The molecule has 0 spiro atoms. The fourth-order valence-corrected chi connectivity index (χ4v) is 2.47. The Hall–Kier alpha value is -2.22. The molecule has 1 amide bonds. The van der Waals surface area contributed by atoms with Gasteiger partial charge in [-0.2, -0.15) is 5.26 Å². The minimum atomic E-state index is -0.275. The third-order valence-corrected chi connectivity index (χ3v) is 3.53. The summed E-state index contributed by atoms with van der Waals surface area (Å²) in [7, 11) is 3.14. The minimum absolute atomic E-state index is 0.0127. The summed E-state index contributed by atoms with van der Waals surface area (Å²) in [4.78, 5) is 13.9. The van der Waals surface area contributed by atoms with Gasteiger partial charge in [0.15, 0.2) is 11.5 Å². The molecule has 0 N–H and O–H groups in total. The highest BCUT2D eigenvalue weighted by Crippen LogP contribution is 2.28. The Morgan fingerprint density at radius 3 is 2.80 bits per heavy atom. The maximum Gasteiger partial charge on any atom is 0.228 e. The number of ether oxygens (including phenoxy) is 2.